The van der Waals surface area contributed by atoms with Crippen LogP contribution >= 0.6 is 0 Å². The van der Waals surface area contributed by atoms with Crippen LogP contribution in [0.15, 0.2) is 41.0 Å². The number of carbonyl (C=O) groups excluding carboxylic acids is 2. The molecule has 0 saturated carbocycles. The van der Waals surface area contributed by atoms with Crippen LogP contribution < -0.4 is 15.5 Å². The van der Waals surface area contributed by atoms with Crippen molar-refractivity contribution in [2.24, 2.45) is 0 Å². The maximum atomic E-state index is 12.4. The predicted octanol–water partition coefficient (Wildman–Crippen LogP) is 2.91. The Morgan fingerprint density at radius 2 is 1.82 bits per heavy atom. The summed E-state index contributed by atoms with van der Waals surface area (Å²) >= 11 is 0. The number of rotatable bonds is 4. The van der Waals surface area contributed by atoms with Crippen LogP contribution in [0.25, 0.3) is 11.0 Å². The number of carbonyl (C=O) groups is 2. The van der Waals surface area contributed by atoms with Gasteiger partial charge in [-0.25, -0.2) is 9.42 Å². The van der Waals surface area contributed by atoms with Gasteiger partial charge in [0.2, 0.25) is 0 Å². The first kappa shape index (κ1) is 17.9. The van der Waals surface area contributed by atoms with Crippen molar-refractivity contribution in [1.29, 1.82) is 0 Å². The van der Waals surface area contributed by atoms with E-state index in [1.807, 2.05) is 6.07 Å². The molecule has 2 N–H and O–H groups in total. The highest BCUT2D eigenvalue weighted by Gasteiger charge is 2.19. The van der Waals surface area contributed by atoms with E-state index in [-0.39, 0.29) is 5.78 Å². The molecule has 1 aromatic heterocycles. The lowest BCUT2D eigenvalue weighted by atomic mass is 10.1. The van der Waals surface area contributed by atoms with Gasteiger partial charge >= 0.3 is 6.03 Å². The molecule has 0 aliphatic carbocycles. The van der Waals surface area contributed by atoms with E-state index in [4.69, 9.17) is 9.37 Å². The third-order valence-corrected chi connectivity index (χ3v) is 4.52. The topological polar surface area (TPSA) is 110 Å². The number of Topliss-reactive ketones (excluding diaryl/α,β-unsaturated/α-hetero) is 1. The Morgan fingerprint density at radius 3 is 2.61 bits per heavy atom. The molecule has 9 heteroatoms. The molecule has 2 heterocycles. The molecule has 0 radical (unpaired) electrons. The van der Waals surface area contributed by atoms with Crippen molar-refractivity contribution in [2.45, 2.75) is 6.92 Å². The predicted molar refractivity (Wildman–Crippen MR) is 104 cm³/mol. The number of ether oxygens (including phenoxy) is 1. The van der Waals surface area contributed by atoms with E-state index < -0.39 is 6.03 Å². The van der Waals surface area contributed by atoms with Crippen LogP contribution in [0.3, 0.4) is 0 Å². The SMILES string of the molecule is CC(=O)c1cccc(NC(=O)Nc2ccc(N3CCOCC3)c3nonc23)c1. The fraction of sp³-hybridized carbons (Fsp3) is 0.263. The highest BCUT2D eigenvalue weighted by Crippen LogP contribution is 2.30. The molecule has 3 aromatic rings. The molecule has 1 aliphatic rings. The maximum Gasteiger partial charge on any atom is 0.323 e. The van der Waals surface area contributed by atoms with E-state index in [0.717, 1.165) is 18.8 Å². The van der Waals surface area contributed by atoms with Crippen LogP contribution in [0.2, 0.25) is 0 Å². The molecule has 144 valence electrons. The Morgan fingerprint density at radius 1 is 1.04 bits per heavy atom. The van der Waals surface area contributed by atoms with Crippen molar-refractivity contribution in [3.05, 3.63) is 42.0 Å². The summed E-state index contributed by atoms with van der Waals surface area (Å²) in [5.74, 6) is -0.0712. The number of urea groups is 1. The van der Waals surface area contributed by atoms with Gasteiger partial charge in [-0.1, -0.05) is 12.1 Å². The van der Waals surface area contributed by atoms with Gasteiger partial charge < -0.3 is 20.3 Å². The third-order valence-electron chi connectivity index (χ3n) is 4.52. The normalized spacial score (nSPS) is 14.1. The second-order valence-electron chi connectivity index (χ2n) is 6.41. The number of nitrogens with one attached hydrogen (secondary N) is 2. The largest absolute Gasteiger partial charge is 0.378 e. The van der Waals surface area contributed by atoms with E-state index in [1.54, 1.807) is 30.3 Å². The van der Waals surface area contributed by atoms with Crippen LogP contribution in [0.1, 0.15) is 17.3 Å². The molecule has 2 amide bonds. The van der Waals surface area contributed by atoms with Gasteiger partial charge in [0.15, 0.2) is 16.8 Å². The van der Waals surface area contributed by atoms with E-state index in [0.29, 0.717) is 41.2 Å². The van der Waals surface area contributed by atoms with Gasteiger partial charge in [0.05, 0.1) is 24.6 Å². The first-order valence-electron chi connectivity index (χ1n) is 8.89. The molecule has 1 saturated heterocycles. The minimum Gasteiger partial charge on any atom is -0.378 e. The molecule has 2 aromatic carbocycles. The molecule has 1 fully saturated rings. The van der Waals surface area contributed by atoms with E-state index in [9.17, 15) is 9.59 Å². The number of ketones is 1. The summed E-state index contributed by atoms with van der Waals surface area (Å²) < 4.78 is 10.3. The standard InChI is InChI=1S/C19H19N5O4/c1-12(25)13-3-2-4-14(11-13)20-19(26)21-15-5-6-16(18-17(15)22-28-23-18)24-7-9-27-10-8-24/h2-6,11H,7-10H2,1H3,(H2,20,21,26). The maximum absolute atomic E-state index is 12.4. The van der Waals surface area contributed by atoms with Crippen LogP contribution in [-0.2, 0) is 4.74 Å². The van der Waals surface area contributed by atoms with E-state index in [1.165, 1.54) is 6.92 Å². The number of fused-ring (bicyclic) bond motifs is 1. The third kappa shape index (κ3) is 3.65. The van der Waals surface area contributed by atoms with Crippen molar-refractivity contribution < 1.29 is 19.0 Å². The fourth-order valence-electron chi connectivity index (χ4n) is 3.11. The van der Waals surface area contributed by atoms with Gasteiger partial charge in [-0.15, -0.1) is 0 Å². The Bertz CT molecular complexity index is 1030. The van der Waals surface area contributed by atoms with Gasteiger partial charge in [-0.2, -0.15) is 0 Å². The van der Waals surface area contributed by atoms with Crippen molar-refractivity contribution in [3.8, 4) is 0 Å². The summed E-state index contributed by atoms with van der Waals surface area (Å²) in [6, 6.07) is 9.93. The zero-order valence-electron chi connectivity index (χ0n) is 15.3. The highest BCUT2D eigenvalue weighted by atomic mass is 16.6. The number of nitrogens with zero attached hydrogens (tertiary/aromatic N) is 3. The monoisotopic (exact) mass is 381 g/mol. The van der Waals surface area contributed by atoms with Gasteiger partial charge in [0.25, 0.3) is 0 Å². The number of anilines is 3. The summed E-state index contributed by atoms with van der Waals surface area (Å²) in [6.07, 6.45) is 0. The second-order valence-corrected chi connectivity index (χ2v) is 6.41. The number of benzene rings is 2. The van der Waals surface area contributed by atoms with E-state index in [2.05, 4.69) is 25.8 Å². The molecule has 28 heavy (non-hydrogen) atoms. The summed E-state index contributed by atoms with van der Waals surface area (Å²) in [5.41, 5.74) is 3.46. The van der Waals surface area contributed by atoms with Crippen molar-refractivity contribution >= 4 is 39.9 Å². The average Bonchev–Trinajstić information content (AvgIpc) is 3.19. The number of morpholine rings is 1. The van der Waals surface area contributed by atoms with Gasteiger partial charge in [-0.05, 0) is 41.5 Å². The number of hydrogen-bond acceptors (Lipinski definition) is 7. The minimum absolute atomic E-state index is 0.0712. The first-order chi connectivity index (χ1) is 13.6. The minimum atomic E-state index is -0.455. The summed E-state index contributed by atoms with van der Waals surface area (Å²) in [6.45, 7) is 4.27. The molecule has 0 bridgehead atoms. The number of hydrogen-bond donors (Lipinski definition) is 2. The van der Waals surface area contributed by atoms with Crippen LogP contribution in [-0.4, -0.2) is 48.4 Å². The zero-order chi connectivity index (χ0) is 19.5. The average molecular weight is 381 g/mol. The quantitative estimate of drug-likeness (QED) is 0.669. The lowest BCUT2D eigenvalue weighted by Crippen LogP contribution is -2.36. The molecular weight excluding hydrogens is 362 g/mol. The van der Waals surface area contributed by atoms with Crippen molar-refractivity contribution in [1.82, 2.24) is 10.3 Å². The number of aromatic nitrogens is 2. The molecule has 0 atom stereocenters. The molecule has 0 unspecified atom stereocenters. The van der Waals surface area contributed by atoms with E-state index >= 15 is 0 Å². The second kappa shape index (κ2) is 7.65. The lowest BCUT2D eigenvalue weighted by Gasteiger charge is -2.28. The Labute approximate surface area is 160 Å². The molecule has 9 nitrogen and oxygen atoms in total. The molecule has 0 spiro atoms. The van der Waals surface area contributed by atoms with Gasteiger partial charge in [-0.3, -0.25) is 4.79 Å². The molecule has 4 rings (SSSR count). The zero-order valence-corrected chi connectivity index (χ0v) is 15.3. The Balaban J connectivity index is 1.53. The Kier molecular flexibility index (Phi) is 4.90. The van der Waals surface area contributed by atoms with Gasteiger partial charge in [0.1, 0.15) is 0 Å². The lowest BCUT2D eigenvalue weighted by molar-refractivity contribution is 0.101. The van der Waals surface area contributed by atoms with Gasteiger partial charge in [0, 0.05) is 24.3 Å². The highest BCUT2D eigenvalue weighted by molar-refractivity contribution is 6.07. The summed E-state index contributed by atoms with van der Waals surface area (Å²) in [5, 5.41) is 13.4. The van der Waals surface area contributed by atoms with Crippen LogP contribution in [0.5, 0.6) is 0 Å². The van der Waals surface area contributed by atoms with Crippen LogP contribution in [0, 0.1) is 0 Å². The Hall–Kier alpha value is -3.46. The smallest absolute Gasteiger partial charge is 0.323 e. The van der Waals surface area contributed by atoms with Crippen molar-refractivity contribution in [2.75, 3.05) is 41.8 Å². The molecular formula is C19H19N5O4. The summed E-state index contributed by atoms with van der Waals surface area (Å²) in [7, 11) is 0. The fourth-order valence-corrected chi connectivity index (χ4v) is 3.11. The number of amides is 2. The van der Waals surface area contributed by atoms with Crippen LogP contribution in [0.4, 0.5) is 21.9 Å². The summed E-state index contributed by atoms with van der Waals surface area (Å²) in [4.78, 5) is 26.0. The molecule has 1 aliphatic heterocycles. The van der Waals surface area contributed by atoms with Crippen molar-refractivity contribution in [3.63, 3.8) is 0 Å². The first-order valence-corrected chi connectivity index (χ1v) is 8.89.